The van der Waals surface area contributed by atoms with Gasteiger partial charge in [0.05, 0.1) is 6.61 Å². The molecule has 0 aliphatic rings. The Morgan fingerprint density at radius 3 is 1.50 bits per heavy atom. The van der Waals surface area contributed by atoms with Gasteiger partial charge in [-0.15, -0.1) is 24.8 Å². The third-order valence-electron chi connectivity index (χ3n) is 6.94. The summed E-state index contributed by atoms with van der Waals surface area (Å²) in [5.41, 5.74) is 11.2. The van der Waals surface area contributed by atoms with E-state index in [-0.39, 0.29) is 43.2 Å². The van der Waals surface area contributed by atoms with E-state index in [1.54, 1.807) is 6.92 Å². The first kappa shape index (κ1) is 43.4. The molecule has 0 aliphatic carbocycles. The molecule has 2 amide bonds. The van der Waals surface area contributed by atoms with E-state index in [4.69, 9.17) is 16.2 Å². The first-order chi connectivity index (χ1) is 18.5. The van der Waals surface area contributed by atoms with Crippen molar-refractivity contribution in [2.45, 2.75) is 154 Å². The molecule has 0 bridgehead atoms. The van der Waals surface area contributed by atoms with Crippen LogP contribution in [0.1, 0.15) is 142 Å². The Morgan fingerprint density at radius 1 is 0.600 bits per heavy atom. The third-order valence-corrected chi connectivity index (χ3v) is 6.94. The summed E-state index contributed by atoms with van der Waals surface area (Å²) in [5.74, 6) is -0.903. The lowest BCUT2D eigenvalue weighted by atomic mass is 10.0. The number of halogens is 2. The number of unbranched alkanes of at least 4 members (excludes halogenated alkanes) is 14. The van der Waals surface area contributed by atoms with Gasteiger partial charge in [0, 0.05) is 6.42 Å². The van der Waals surface area contributed by atoms with Crippen molar-refractivity contribution in [1.82, 2.24) is 10.6 Å². The number of rotatable bonds is 27. The summed E-state index contributed by atoms with van der Waals surface area (Å²) in [4.78, 5) is 38.0. The Morgan fingerprint density at radius 2 is 1.05 bits per heavy atom. The fourth-order valence-corrected chi connectivity index (χ4v) is 4.59. The number of hydrogen-bond acceptors (Lipinski definition) is 6. The molecule has 0 fully saturated rings. The molecule has 0 rings (SSSR count). The molecule has 2 atom stereocenters. The average Bonchev–Trinajstić information content (AvgIpc) is 2.90. The van der Waals surface area contributed by atoms with Crippen LogP contribution in [-0.2, 0) is 19.1 Å². The first-order valence-electron chi connectivity index (χ1n) is 15.7. The molecule has 240 valence electrons. The second kappa shape index (κ2) is 32.4. The van der Waals surface area contributed by atoms with Gasteiger partial charge in [-0.25, -0.2) is 4.79 Å². The van der Waals surface area contributed by atoms with Gasteiger partial charge in [0.1, 0.15) is 12.1 Å². The fourth-order valence-electron chi connectivity index (χ4n) is 4.59. The standard InChI is InChI=1S/C30H60N4O4.2ClH/c1-3-5-6-7-8-9-10-11-12-13-14-15-16-23-28(35)33-26(21-17-19-24-31)29(36)34-27(22-18-20-25-32)30(37)38-4-2;;/h26-27H,3-25,31-32H2,1-2H3,(H,33,35)(H,34,36);2*1H/t26-,27-;;/m1../s1. The highest BCUT2D eigenvalue weighted by Gasteiger charge is 2.27. The van der Waals surface area contributed by atoms with Crippen molar-refractivity contribution < 1.29 is 19.1 Å². The van der Waals surface area contributed by atoms with E-state index in [0.29, 0.717) is 38.8 Å². The highest BCUT2D eigenvalue weighted by atomic mass is 35.5. The lowest BCUT2D eigenvalue weighted by Gasteiger charge is -2.22. The van der Waals surface area contributed by atoms with Gasteiger partial charge in [0.2, 0.25) is 11.8 Å². The van der Waals surface area contributed by atoms with E-state index in [9.17, 15) is 14.4 Å². The lowest BCUT2D eigenvalue weighted by Crippen LogP contribution is -2.52. The van der Waals surface area contributed by atoms with E-state index < -0.39 is 18.1 Å². The quantitative estimate of drug-likeness (QED) is 0.0653. The van der Waals surface area contributed by atoms with Crippen molar-refractivity contribution in [3.05, 3.63) is 0 Å². The van der Waals surface area contributed by atoms with Crippen LogP contribution in [0.2, 0.25) is 0 Å². The van der Waals surface area contributed by atoms with Crippen molar-refractivity contribution in [1.29, 1.82) is 0 Å². The minimum Gasteiger partial charge on any atom is -0.464 e. The Balaban J connectivity index is -0.00000684. The summed E-state index contributed by atoms with van der Waals surface area (Å²) >= 11 is 0. The van der Waals surface area contributed by atoms with Crippen molar-refractivity contribution in [3.8, 4) is 0 Å². The molecular weight excluding hydrogens is 551 g/mol. The summed E-state index contributed by atoms with van der Waals surface area (Å²) in [6.45, 7) is 5.30. The van der Waals surface area contributed by atoms with Gasteiger partial charge in [0.15, 0.2) is 0 Å². The van der Waals surface area contributed by atoms with Crippen LogP contribution in [0.4, 0.5) is 0 Å². The summed E-state index contributed by atoms with van der Waals surface area (Å²) in [7, 11) is 0. The number of carbonyl (C=O) groups is 3. The second-order valence-corrected chi connectivity index (χ2v) is 10.5. The molecule has 0 heterocycles. The van der Waals surface area contributed by atoms with Gasteiger partial charge in [-0.1, -0.05) is 84.0 Å². The molecule has 8 nitrogen and oxygen atoms in total. The number of amides is 2. The van der Waals surface area contributed by atoms with Gasteiger partial charge in [-0.2, -0.15) is 0 Å². The smallest absolute Gasteiger partial charge is 0.328 e. The highest BCUT2D eigenvalue weighted by molar-refractivity contribution is 5.90. The molecule has 40 heavy (non-hydrogen) atoms. The SMILES string of the molecule is CCCCCCCCCCCCCCCC(=O)N[C@H](CCCCN)C(=O)N[C@H](CCCCN)C(=O)OCC.Cl.Cl. The molecule has 0 spiro atoms. The lowest BCUT2D eigenvalue weighted by molar-refractivity contribution is -0.148. The van der Waals surface area contributed by atoms with E-state index in [1.165, 1.54) is 64.2 Å². The van der Waals surface area contributed by atoms with Gasteiger partial charge >= 0.3 is 5.97 Å². The fraction of sp³-hybridized carbons (Fsp3) is 0.900. The molecule has 0 aromatic rings. The van der Waals surface area contributed by atoms with Gasteiger partial charge in [-0.05, 0) is 65.0 Å². The molecule has 0 saturated heterocycles. The largest absolute Gasteiger partial charge is 0.464 e. The normalized spacial score (nSPS) is 12.0. The summed E-state index contributed by atoms with van der Waals surface area (Å²) < 4.78 is 5.14. The van der Waals surface area contributed by atoms with E-state index in [0.717, 1.165) is 38.5 Å². The first-order valence-corrected chi connectivity index (χ1v) is 15.7. The number of nitrogens with two attached hydrogens (primary N) is 2. The number of carbonyl (C=O) groups excluding carboxylic acids is 3. The van der Waals surface area contributed by atoms with E-state index in [1.807, 2.05) is 0 Å². The van der Waals surface area contributed by atoms with Crippen LogP contribution >= 0.6 is 24.8 Å². The second-order valence-electron chi connectivity index (χ2n) is 10.5. The summed E-state index contributed by atoms with van der Waals surface area (Å²) in [6, 6.07) is -1.41. The Labute approximate surface area is 257 Å². The molecule has 0 aromatic carbocycles. The highest BCUT2D eigenvalue weighted by Crippen LogP contribution is 2.13. The monoisotopic (exact) mass is 612 g/mol. The van der Waals surface area contributed by atoms with Crippen LogP contribution in [0.3, 0.4) is 0 Å². The van der Waals surface area contributed by atoms with Gasteiger partial charge in [0.25, 0.3) is 0 Å². The van der Waals surface area contributed by atoms with Crippen LogP contribution in [0, 0.1) is 0 Å². The molecule has 0 unspecified atom stereocenters. The number of hydrogen-bond donors (Lipinski definition) is 4. The van der Waals surface area contributed by atoms with Crippen LogP contribution < -0.4 is 22.1 Å². The molecule has 10 heteroatoms. The van der Waals surface area contributed by atoms with Crippen molar-refractivity contribution in [3.63, 3.8) is 0 Å². The third kappa shape index (κ3) is 25.8. The zero-order valence-electron chi connectivity index (χ0n) is 25.5. The predicted molar refractivity (Wildman–Crippen MR) is 171 cm³/mol. The molecule has 0 radical (unpaired) electrons. The zero-order chi connectivity index (χ0) is 28.3. The maximum atomic E-state index is 13.0. The predicted octanol–water partition coefficient (Wildman–Crippen LogP) is 6.10. The van der Waals surface area contributed by atoms with E-state index in [2.05, 4.69) is 17.6 Å². The summed E-state index contributed by atoms with van der Waals surface area (Å²) in [6.07, 6.45) is 20.7. The van der Waals surface area contributed by atoms with Crippen molar-refractivity contribution in [2.75, 3.05) is 19.7 Å². The molecule has 6 N–H and O–H groups in total. The molecular formula is C30H62Cl2N4O4. The Kier molecular flexibility index (Phi) is 35.2. The minimum atomic E-state index is -0.732. The Bertz CT molecular complexity index is 600. The summed E-state index contributed by atoms with van der Waals surface area (Å²) in [5, 5.41) is 5.71. The minimum absolute atomic E-state index is 0. The Hall–Kier alpha value is -1.09. The average molecular weight is 614 g/mol. The van der Waals surface area contributed by atoms with Crippen molar-refractivity contribution >= 4 is 42.6 Å². The maximum absolute atomic E-state index is 13.0. The number of esters is 1. The van der Waals surface area contributed by atoms with Gasteiger partial charge < -0.3 is 26.8 Å². The van der Waals surface area contributed by atoms with Gasteiger partial charge in [-0.3, -0.25) is 9.59 Å². The number of ether oxygens (including phenoxy) is 1. The zero-order valence-corrected chi connectivity index (χ0v) is 27.2. The van der Waals surface area contributed by atoms with Crippen LogP contribution in [0.15, 0.2) is 0 Å². The maximum Gasteiger partial charge on any atom is 0.328 e. The molecule has 0 aliphatic heterocycles. The van der Waals surface area contributed by atoms with Crippen LogP contribution in [0.5, 0.6) is 0 Å². The van der Waals surface area contributed by atoms with Crippen LogP contribution in [-0.4, -0.2) is 49.6 Å². The van der Waals surface area contributed by atoms with E-state index >= 15 is 0 Å². The topological polar surface area (TPSA) is 137 Å². The molecule has 0 aromatic heterocycles. The van der Waals surface area contributed by atoms with Crippen LogP contribution in [0.25, 0.3) is 0 Å². The molecule has 0 saturated carbocycles. The van der Waals surface area contributed by atoms with Crippen molar-refractivity contribution in [2.24, 2.45) is 11.5 Å². The number of nitrogens with one attached hydrogen (secondary N) is 2.